The van der Waals surface area contributed by atoms with E-state index in [2.05, 4.69) is 17.2 Å². The number of aliphatic imine (C=N–C) groups is 1. The van der Waals surface area contributed by atoms with Gasteiger partial charge < -0.3 is 11.1 Å². The van der Waals surface area contributed by atoms with E-state index >= 15 is 0 Å². The highest BCUT2D eigenvalue weighted by atomic mass is 32.2. The number of nitrogens with one attached hydrogen (secondary N) is 1. The van der Waals surface area contributed by atoms with Gasteiger partial charge in [-0.3, -0.25) is 9.79 Å². The molecule has 108 valence electrons. The number of carbonyl (C=O) groups excluding carboxylic acids is 1. The Kier molecular flexibility index (Phi) is 5.13. The summed E-state index contributed by atoms with van der Waals surface area (Å²) in [5, 5.41) is 4.76. The summed E-state index contributed by atoms with van der Waals surface area (Å²) < 4.78 is 0. The number of amidine groups is 1. The summed E-state index contributed by atoms with van der Waals surface area (Å²) in [7, 11) is 0. The van der Waals surface area contributed by atoms with Crippen molar-refractivity contribution in [1.29, 1.82) is 0 Å². The molecule has 1 saturated heterocycles. The smallest absolute Gasteiger partial charge is 0.217 e. The molecule has 2 fully saturated rings. The fraction of sp³-hybridized carbons (Fsp3) is 0.857. The second-order valence-electron chi connectivity index (χ2n) is 6.01. The van der Waals surface area contributed by atoms with Crippen LogP contribution in [0.1, 0.15) is 51.9 Å². The Morgan fingerprint density at radius 1 is 1.58 bits per heavy atom. The minimum Gasteiger partial charge on any atom is -0.370 e. The summed E-state index contributed by atoms with van der Waals surface area (Å²) in [6, 6.07) is 0. The lowest BCUT2D eigenvalue weighted by Crippen LogP contribution is -2.47. The first-order valence-corrected chi connectivity index (χ1v) is 8.32. The number of nitrogens with two attached hydrogens (primary N) is 1. The van der Waals surface area contributed by atoms with Gasteiger partial charge in [-0.15, -0.1) is 0 Å². The lowest BCUT2D eigenvalue weighted by atomic mass is 9.78. The van der Waals surface area contributed by atoms with Crippen molar-refractivity contribution >= 4 is 22.8 Å². The van der Waals surface area contributed by atoms with Gasteiger partial charge in [0.05, 0.1) is 0 Å². The first kappa shape index (κ1) is 14.7. The topological polar surface area (TPSA) is 67.5 Å². The maximum atomic E-state index is 10.6. The van der Waals surface area contributed by atoms with Crippen molar-refractivity contribution < 1.29 is 4.79 Å². The van der Waals surface area contributed by atoms with E-state index in [9.17, 15) is 4.79 Å². The molecule has 1 heterocycles. The Morgan fingerprint density at radius 3 is 3.16 bits per heavy atom. The summed E-state index contributed by atoms with van der Waals surface area (Å²) in [5.41, 5.74) is 5.43. The number of hydrogen-bond acceptors (Lipinski definition) is 3. The van der Waals surface area contributed by atoms with Gasteiger partial charge in [-0.2, -0.15) is 0 Å². The molecule has 4 nitrogen and oxygen atoms in total. The van der Waals surface area contributed by atoms with Crippen LogP contribution in [-0.2, 0) is 4.79 Å². The number of nitrogens with zero attached hydrogens (tertiary/aromatic N) is 1. The zero-order valence-corrected chi connectivity index (χ0v) is 12.6. The van der Waals surface area contributed by atoms with Crippen LogP contribution in [0.5, 0.6) is 0 Å². The van der Waals surface area contributed by atoms with Gasteiger partial charge in [0.1, 0.15) is 0 Å². The monoisotopic (exact) mass is 283 g/mol. The van der Waals surface area contributed by atoms with Crippen molar-refractivity contribution in [3.05, 3.63) is 0 Å². The van der Waals surface area contributed by atoms with Crippen LogP contribution in [-0.4, -0.2) is 28.9 Å². The number of thioether (sulfide) groups is 1. The van der Waals surface area contributed by atoms with Crippen molar-refractivity contribution in [3.63, 3.8) is 0 Å². The van der Waals surface area contributed by atoms with Gasteiger partial charge in [0.15, 0.2) is 5.17 Å². The minimum atomic E-state index is -0.212. The molecule has 1 amide bonds. The van der Waals surface area contributed by atoms with E-state index in [1.54, 1.807) is 0 Å². The largest absolute Gasteiger partial charge is 0.370 e. The lowest BCUT2D eigenvalue weighted by molar-refractivity contribution is -0.118. The summed E-state index contributed by atoms with van der Waals surface area (Å²) in [5.74, 6) is 1.78. The van der Waals surface area contributed by atoms with Crippen molar-refractivity contribution in [2.45, 2.75) is 57.4 Å². The SMILES string of the molecule is CC1CCCC2(CSC(=NCCCCC(N)=O)N2)C1. The first-order valence-electron chi connectivity index (χ1n) is 7.33. The van der Waals surface area contributed by atoms with Crippen molar-refractivity contribution in [2.75, 3.05) is 12.3 Å². The number of primary amides is 1. The van der Waals surface area contributed by atoms with Crippen LogP contribution in [0.4, 0.5) is 0 Å². The van der Waals surface area contributed by atoms with E-state index in [4.69, 9.17) is 5.73 Å². The Morgan fingerprint density at radius 2 is 2.42 bits per heavy atom. The van der Waals surface area contributed by atoms with Crippen molar-refractivity contribution in [3.8, 4) is 0 Å². The van der Waals surface area contributed by atoms with Gasteiger partial charge in [-0.05, 0) is 31.6 Å². The molecule has 1 aliphatic heterocycles. The highest BCUT2D eigenvalue weighted by Crippen LogP contribution is 2.38. The average Bonchev–Trinajstić information content (AvgIpc) is 2.71. The van der Waals surface area contributed by atoms with E-state index in [-0.39, 0.29) is 5.91 Å². The van der Waals surface area contributed by atoms with Crippen LogP contribution >= 0.6 is 11.8 Å². The number of carbonyl (C=O) groups is 1. The lowest BCUT2D eigenvalue weighted by Gasteiger charge is -2.36. The average molecular weight is 283 g/mol. The molecule has 2 rings (SSSR count). The molecule has 0 bridgehead atoms. The number of amides is 1. The Hall–Kier alpha value is -0.710. The third-order valence-corrected chi connectivity index (χ3v) is 5.24. The summed E-state index contributed by atoms with van der Waals surface area (Å²) in [6.45, 7) is 3.15. The molecule has 5 heteroatoms. The summed E-state index contributed by atoms with van der Waals surface area (Å²) >= 11 is 1.86. The van der Waals surface area contributed by atoms with Gasteiger partial charge in [0.25, 0.3) is 0 Å². The maximum Gasteiger partial charge on any atom is 0.217 e. The molecule has 1 aliphatic carbocycles. The van der Waals surface area contributed by atoms with Gasteiger partial charge in [-0.1, -0.05) is 31.5 Å². The van der Waals surface area contributed by atoms with Crippen LogP contribution in [0.2, 0.25) is 0 Å². The van der Waals surface area contributed by atoms with Crippen LogP contribution in [0.15, 0.2) is 4.99 Å². The van der Waals surface area contributed by atoms with E-state index < -0.39 is 0 Å². The molecular formula is C14H25N3OS. The fourth-order valence-corrected chi connectivity index (χ4v) is 4.31. The molecule has 0 aromatic rings. The predicted octanol–water partition coefficient (Wildman–Crippen LogP) is 2.28. The second kappa shape index (κ2) is 6.64. The molecule has 0 radical (unpaired) electrons. The van der Waals surface area contributed by atoms with Gasteiger partial charge >= 0.3 is 0 Å². The van der Waals surface area contributed by atoms with Crippen molar-refractivity contribution in [1.82, 2.24) is 5.32 Å². The summed E-state index contributed by atoms with van der Waals surface area (Å²) in [6.07, 6.45) is 7.53. The number of unbranched alkanes of at least 4 members (excludes halogenated alkanes) is 1. The number of rotatable bonds is 5. The van der Waals surface area contributed by atoms with E-state index in [0.717, 1.165) is 36.2 Å². The van der Waals surface area contributed by atoms with Gasteiger partial charge in [0.2, 0.25) is 5.91 Å². The van der Waals surface area contributed by atoms with E-state index in [1.807, 2.05) is 11.8 Å². The Bertz CT molecular complexity index is 359. The van der Waals surface area contributed by atoms with Crippen LogP contribution in [0, 0.1) is 5.92 Å². The predicted molar refractivity (Wildman–Crippen MR) is 81.3 cm³/mol. The maximum absolute atomic E-state index is 10.6. The molecule has 1 spiro atoms. The molecular weight excluding hydrogens is 258 g/mol. The molecule has 0 aromatic heterocycles. The van der Waals surface area contributed by atoms with Crippen LogP contribution in [0.3, 0.4) is 0 Å². The molecule has 0 aromatic carbocycles. The van der Waals surface area contributed by atoms with Gasteiger partial charge in [-0.25, -0.2) is 0 Å². The number of hydrogen-bond donors (Lipinski definition) is 2. The normalized spacial score (nSPS) is 32.7. The fourth-order valence-electron chi connectivity index (χ4n) is 3.09. The van der Waals surface area contributed by atoms with Crippen LogP contribution in [0.25, 0.3) is 0 Å². The quantitative estimate of drug-likeness (QED) is 0.761. The first-order chi connectivity index (χ1) is 9.10. The second-order valence-corrected chi connectivity index (χ2v) is 6.97. The zero-order valence-electron chi connectivity index (χ0n) is 11.8. The van der Waals surface area contributed by atoms with Gasteiger partial charge in [0, 0.05) is 24.3 Å². The molecule has 3 N–H and O–H groups in total. The van der Waals surface area contributed by atoms with Crippen molar-refractivity contribution in [2.24, 2.45) is 16.6 Å². The third kappa shape index (κ3) is 4.41. The molecule has 2 unspecified atom stereocenters. The van der Waals surface area contributed by atoms with E-state index in [0.29, 0.717) is 12.0 Å². The molecule has 2 aliphatic rings. The highest BCUT2D eigenvalue weighted by Gasteiger charge is 2.40. The molecule has 2 atom stereocenters. The molecule has 19 heavy (non-hydrogen) atoms. The Balaban J connectivity index is 1.73. The summed E-state index contributed by atoms with van der Waals surface area (Å²) in [4.78, 5) is 15.2. The van der Waals surface area contributed by atoms with Crippen LogP contribution < -0.4 is 11.1 Å². The Labute approximate surface area is 120 Å². The standard InChI is InChI=1S/C14H25N3OS/c1-11-5-4-7-14(9-11)10-19-13(17-14)16-8-3-2-6-12(15)18/h11H,2-10H2,1H3,(H2,15,18)(H,16,17). The molecule has 1 saturated carbocycles. The zero-order chi connectivity index (χ0) is 13.7. The van der Waals surface area contributed by atoms with E-state index in [1.165, 1.54) is 25.7 Å². The highest BCUT2D eigenvalue weighted by molar-refractivity contribution is 8.14. The third-order valence-electron chi connectivity index (χ3n) is 4.04. The minimum absolute atomic E-state index is 0.212.